The standard InChI is InChI=1S/C13H26F3N/c1-10(2)8-12(9-11(3)4)17-7-5-6-13(14,15)16/h10-12,17H,5-9H2,1-4H3. The average molecular weight is 253 g/mol. The minimum absolute atomic E-state index is 0.177. The molecule has 0 aliphatic rings. The van der Waals surface area contributed by atoms with E-state index in [2.05, 4.69) is 33.0 Å². The van der Waals surface area contributed by atoms with Crippen LogP contribution in [0.1, 0.15) is 53.4 Å². The lowest BCUT2D eigenvalue weighted by molar-refractivity contribution is -0.135. The number of alkyl halides is 3. The summed E-state index contributed by atoms with van der Waals surface area (Å²) in [4.78, 5) is 0. The number of hydrogen-bond acceptors (Lipinski definition) is 1. The molecule has 0 fully saturated rings. The number of nitrogens with one attached hydrogen (secondary N) is 1. The summed E-state index contributed by atoms with van der Waals surface area (Å²) in [6.45, 7) is 9.04. The van der Waals surface area contributed by atoms with E-state index >= 15 is 0 Å². The van der Waals surface area contributed by atoms with E-state index < -0.39 is 12.6 Å². The summed E-state index contributed by atoms with van der Waals surface area (Å²) in [7, 11) is 0. The lowest BCUT2D eigenvalue weighted by Crippen LogP contribution is -2.33. The van der Waals surface area contributed by atoms with Crippen molar-refractivity contribution in [2.45, 2.75) is 65.6 Å². The van der Waals surface area contributed by atoms with Gasteiger partial charge in [-0.2, -0.15) is 13.2 Å². The maximum Gasteiger partial charge on any atom is 0.389 e. The Morgan fingerprint density at radius 1 is 0.941 bits per heavy atom. The zero-order valence-electron chi connectivity index (χ0n) is 11.4. The van der Waals surface area contributed by atoms with Crippen molar-refractivity contribution >= 4 is 0 Å². The predicted molar refractivity (Wildman–Crippen MR) is 66.0 cm³/mol. The zero-order valence-corrected chi connectivity index (χ0v) is 11.4. The van der Waals surface area contributed by atoms with Gasteiger partial charge >= 0.3 is 6.18 Å². The molecule has 4 heteroatoms. The van der Waals surface area contributed by atoms with Gasteiger partial charge in [0.25, 0.3) is 0 Å². The fraction of sp³-hybridized carbons (Fsp3) is 1.00. The molecule has 1 N–H and O–H groups in total. The van der Waals surface area contributed by atoms with Crippen LogP contribution in [-0.2, 0) is 0 Å². The largest absolute Gasteiger partial charge is 0.389 e. The summed E-state index contributed by atoms with van der Waals surface area (Å²) in [5.41, 5.74) is 0. The Morgan fingerprint density at radius 3 is 1.76 bits per heavy atom. The van der Waals surface area contributed by atoms with Gasteiger partial charge in [0.1, 0.15) is 0 Å². The maximum absolute atomic E-state index is 12.0. The van der Waals surface area contributed by atoms with Crippen LogP contribution in [0.25, 0.3) is 0 Å². The number of halogens is 3. The molecule has 0 amide bonds. The van der Waals surface area contributed by atoms with Gasteiger partial charge in [-0.3, -0.25) is 0 Å². The van der Waals surface area contributed by atoms with E-state index in [9.17, 15) is 13.2 Å². The van der Waals surface area contributed by atoms with Gasteiger partial charge in [0.15, 0.2) is 0 Å². The van der Waals surface area contributed by atoms with Crippen LogP contribution in [0.4, 0.5) is 13.2 Å². The lowest BCUT2D eigenvalue weighted by Gasteiger charge is -2.22. The molecule has 0 saturated heterocycles. The topological polar surface area (TPSA) is 12.0 Å². The molecule has 0 bridgehead atoms. The van der Waals surface area contributed by atoms with E-state index in [-0.39, 0.29) is 6.42 Å². The Morgan fingerprint density at radius 2 is 1.41 bits per heavy atom. The molecule has 0 aliphatic carbocycles. The first-order valence-corrected chi connectivity index (χ1v) is 6.51. The number of rotatable bonds is 8. The van der Waals surface area contributed by atoms with E-state index in [0.717, 1.165) is 12.8 Å². The molecule has 0 heterocycles. The summed E-state index contributed by atoms with van der Waals surface area (Å²) in [6, 6.07) is 0.350. The van der Waals surface area contributed by atoms with Crippen LogP contribution in [0.15, 0.2) is 0 Å². The van der Waals surface area contributed by atoms with Gasteiger partial charge < -0.3 is 5.32 Å². The van der Waals surface area contributed by atoms with Crippen LogP contribution in [0.3, 0.4) is 0 Å². The van der Waals surface area contributed by atoms with Gasteiger partial charge in [-0.1, -0.05) is 27.7 Å². The van der Waals surface area contributed by atoms with Crippen molar-refractivity contribution in [2.75, 3.05) is 6.54 Å². The predicted octanol–water partition coefficient (Wildman–Crippen LogP) is 4.38. The van der Waals surface area contributed by atoms with Crippen LogP contribution < -0.4 is 5.32 Å². The highest BCUT2D eigenvalue weighted by Gasteiger charge is 2.26. The first-order valence-electron chi connectivity index (χ1n) is 6.51. The summed E-state index contributed by atoms with van der Waals surface area (Å²) < 4.78 is 35.9. The molecule has 0 aromatic rings. The summed E-state index contributed by atoms with van der Waals surface area (Å²) in [6.07, 6.45) is -2.46. The van der Waals surface area contributed by atoms with Crippen molar-refractivity contribution in [3.05, 3.63) is 0 Å². The highest BCUT2D eigenvalue weighted by molar-refractivity contribution is 4.70. The summed E-state index contributed by atoms with van der Waals surface area (Å²) >= 11 is 0. The lowest BCUT2D eigenvalue weighted by atomic mass is 9.95. The molecular formula is C13H26F3N. The van der Waals surface area contributed by atoms with E-state index in [1.54, 1.807) is 0 Å². The van der Waals surface area contributed by atoms with Gasteiger partial charge in [0.05, 0.1) is 0 Å². The van der Waals surface area contributed by atoms with Crippen molar-refractivity contribution in [3.8, 4) is 0 Å². The molecule has 1 nitrogen and oxygen atoms in total. The maximum atomic E-state index is 12.0. The first-order chi connectivity index (χ1) is 7.70. The van der Waals surface area contributed by atoms with Crippen LogP contribution in [0, 0.1) is 11.8 Å². The molecule has 104 valence electrons. The molecule has 0 rings (SSSR count). The second kappa shape index (κ2) is 7.96. The minimum atomic E-state index is -4.02. The fourth-order valence-corrected chi connectivity index (χ4v) is 2.00. The van der Waals surface area contributed by atoms with Crippen molar-refractivity contribution in [1.82, 2.24) is 5.32 Å². The van der Waals surface area contributed by atoms with Gasteiger partial charge in [0.2, 0.25) is 0 Å². The van der Waals surface area contributed by atoms with Gasteiger partial charge in [-0.05, 0) is 37.6 Å². The third kappa shape index (κ3) is 12.0. The highest BCUT2D eigenvalue weighted by Crippen LogP contribution is 2.21. The third-order valence-corrected chi connectivity index (χ3v) is 2.58. The van der Waals surface area contributed by atoms with E-state index in [1.165, 1.54) is 0 Å². The Balaban J connectivity index is 3.83. The molecule has 0 saturated carbocycles. The third-order valence-electron chi connectivity index (χ3n) is 2.58. The second-order valence-corrected chi connectivity index (χ2v) is 5.63. The molecular weight excluding hydrogens is 227 g/mol. The van der Waals surface area contributed by atoms with Crippen molar-refractivity contribution < 1.29 is 13.2 Å². The van der Waals surface area contributed by atoms with Crippen LogP contribution in [-0.4, -0.2) is 18.8 Å². The Hall–Kier alpha value is -0.250. The quantitative estimate of drug-likeness (QED) is 0.633. The molecule has 0 aromatic carbocycles. The van der Waals surface area contributed by atoms with E-state index in [0.29, 0.717) is 24.4 Å². The Kier molecular flexibility index (Phi) is 7.84. The van der Waals surface area contributed by atoms with Crippen LogP contribution in [0.2, 0.25) is 0 Å². The molecule has 0 atom stereocenters. The number of hydrogen-bond donors (Lipinski definition) is 1. The Bertz CT molecular complexity index is 178. The van der Waals surface area contributed by atoms with Crippen LogP contribution in [0.5, 0.6) is 0 Å². The SMILES string of the molecule is CC(C)CC(CC(C)C)NCCCC(F)(F)F. The van der Waals surface area contributed by atoms with Crippen molar-refractivity contribution in [2.24, 2.45) is 11.8 Å². The molecule has 0 spiro atoms. The summed E-state index contributed by atoms with van der Waals surface area (Å²) in [5, 5.41) is 3.26. The van der Waals surface area contributed by atoms with Crippen LogP contribution >= 0.6 is 0 Å². The molecule has 17 heavy (non-hydrogen) atoms. The Labute approximate surface area is 103 Å². The van der Waals surface area contributed by atoms with E-state index in [1.807, 2.05) is 0 Å². The molecule has 0 aliphatic heterocycles. The smallest absolute Gasteiger partial charge is 0.314 e. The highest BCUT2D eigenvalue weighted by atomic mass is 19.4. The molecule has 0 unspecified atom stereocenters. The van der Waals surface area contributed by atoms with E-state index in [4.69, 9.17) is 0 Å². The first kappa shape index (κ1) is 16.8. The monoisotopic (exact) mass is 253 g/mol. The van der Waals surface area contributed by atoms with Gasteiger partial charge in [-0.25, -0.2) is 0 Å². The van der Waals surface area contributed by atoms with Crippen molar-refractivity contribution in [1.29, 1.82) is 0 Å². The van der Waals surface area contributed by atoms with Gasteiger partial charge in [0, 0.05) is 12.5 Å². The average Bonchev–Trinajstić information content (AvgIpc) is 2.08. The minimum Gasteiger partial charge on any atom is -0.314 e. The van der Waals surface area contributed by atoms with Crippen molar-refractivity contribution in [3.63, 3.8) is 0 Å². The fourth-order valence-electron chi connectivity index (χ4n) is 2.00. The van der Waals surface area contributed by atoms with Gasteiger partial charge in [-0.15, -0.1) is 0 Å². The molecule has 0 aromatic heterocycles. The molecule has 0 radical (unpaired) electrons. The summed E-state index contributed by atoms with van der Waals surface area (Å²) in [5.74, 6) is 1.16. The second-order valence-electron chi connectivity index (χ2n) is 5.63. The zero-order chi connectivity index (χ0) is 13.5. The normalized spacial score (nSPS) is 13.1.